The Balaban J connectivity index is 1.82. The molecule has 2 aliphatic rings. The van der Waals surface area contributed by atoms with Crippen molar-refractivity contribution in [2.24, 2.45) is 11.8 Å². The molecule has 4 nitrogen and oxygen atoms in total. The Labute approximate surface area is 122 Å². The van der Waals surface area contributed by atoms with E-state index in [9.17, 15) is 4.79 Å². The van der Waals surface area contributed by atoms with E-state index in [0.29, 0.717) is 11.8 Å². The van der Waals surface area contributed by atoms with Gasteiger partial charge < -0.3 is 9.80 Å². The highest BCUT2D eigenvalue weighted by atomic mass is 32.1. The first-order valence-corrected chi connectivity index (χ1v) is 7.96. The Morgan fingerprint density at radius 1 is 1.05 bits per heavy atom. The molecule has 2 amide bonds. The molecule has 2 heterocycles. The molecule has 0 aliphatic carbocycles. The second kappa shape index (κ2) is 6.35. The highest BCUT2D eigenvalue weighted by Crippen LogP contribution is 2.24. The molecular formula is C14H27N3OS. The fourth-order valence-corrected chi connectivity index (χ4v) is 3.22. The molecule has 2 rings (SSSR count). The van der Waals surface area contributed by atoms with Crippen LogP contribution in [0.15, 0.2) is 0 Å². The maximum absolute atomic E-state index is 12.5. The van der Waals surface area contributed by atoms with Gasteiger partial charge in [-0.05, 0) is 25.2 Å². The molecule has 0 aromatic heterocycles. The van der Waals surface area contributed by atoms with Gasteiger partial charge in [0, 0.05) is 39.3 Å². The Bertz CT molecular complexity index is 314. The third kappa shape index (κ3) is 3.57. The summed E-state index contributed by atoms with van der Waals surface area (Å²) in [6, 6.07) is 0.245. The molecule has 0 spiro atoms. The fraction of sp³-hybridized carbons (Fsp3) is 0.929. The Morgan fingerprint density at radius 2 is 1.68 bits per heavy atom. The molecule has 2 aliphatic heterocycles. The SMILES string of the molecule is CC(C)C1CCN(C(=O)N2CCN(C(C)S)CC2)C1. The zero-order valence-electron chi connectivity index (χ0n) is 12.4. The number of rotatable bonds is 2. The Morgan fingerprint density at radius 3 is 2.16 bits per heavy atom. The maximum atomic E-state index is 12.5. The number of piperazine rings is 1. The first kappa shape index (κ1) is 15.0. The molecule has 2 fully saturated rings. The lowest BCUT2D eigenvalue weighted by Gasteiger charge is -2.38. The van der Waals surface area contributed by atoms with E-state index in [1.165, 1.54) is 0 Å². The van der Waals surface area contributed by atoms with Crippen LogP contribution in [0.25, 0.3) is 0 Å². The number of likely N-dealkylation sites (tertiary alicyclic amines) is 1. The van der Waals surface area contributed by atoms with Crippen LogP contribution in [0.1, 0.15) is 27.2 Å². The zero-order chi connectivity index (χ0) is 14.0. The predicted octanol–water partition coefficient (Wildman–Crippen LogP) is 1.98. The Hall–Kier alpha value is -0.420. The number of thiol groups is 1. The summed E-state index contributed by atoms with van der Waals surface area (Å²) in [6.07, 6.45) is 1.16. The van der Waals surface area contributed by atoms with Gasteiger partial charge in [-0.15, -0.1) is 0 Å². The van der Waals surface area contributed by atoms with E-state index in [2.05, 4.69) is 38.3 Å². The van der Waals surface area contributed by atoms with Crippen LogP contribution >= 0.6 is 12.6 Å². The van der Waals surface area contributed by atoms with Gasteiger partial charge in [0.05, 0.1) is 5.37 Å². The van der Waals surface area contributed by atoms with E-state index in [4.69, 9.17) is 0 Å². The molecule has 2 saturated heterocycles. The molecule has 19 heavy (non-hydrogen) atoms. The van der Waals surface area contributed by atoms with E-state index in [0.717, 1.165) is 45.7 Å². The highest BCUT2D eigenvalue weighted by molar-refractivity contribution is 7.80. The topological polar surface area (TPSA) is 26.8 Å². The smallest absolute Gasteiger partial charge is 0.320 e. The molecule has 110 valence electrons. The lowest BCUT2D eigenvalue weighted by Crippen LogP contribution is -2.53. The summed E-state index contributed by atoms with van der Waals surface area (Å²) in [5.41, 5.74) is 0. The maximum Gasteiger partial charge on any atom is 0.320 e. The van der Waals surface area contributed by atoms with Crippen molar-refractivity contribution in [3.05, 3.63) is 0 Å². The van der Waals surface area contributed by atoms with Gasteiger partial charge in [0.15, 0.2) is 0 Å². The zero-order valence-corrected chi connectivity index (χ0v) is 13.3. The minimum atomic E-state index is 0.245. The summed E-state index contributed by atoms with van der Waals surface area (Å²) >= 11 is 4.46. The molecule has 0 bridgehead atoms. The minimum absolute atomic E-state index is 0.245. The molecule has 0 radical (unpaired) electrons. The van der Waals surface area contributed by atoms with E-state index in [-0.39, 0.29) is 11.4 Å². The normalized spacial score (nSPS) is 27.1. The molecule has 5 heteroatoms. The van der Waals surface area contributed by atoms with Gasteiger partial charge >= 0.3 is 6.03 Å². The van der Waals surface area contributed by atoms with Gasteiger partial charge in [-0.25, -0.2) is 4.79 Å². The lowest BCUT2D eigenvalue weighted by molar-refractivity contribution is 0.115. The van der Waals surface area contributed by atoms with Crippen LogP contribution in [0.5, 0.6) is 0 Å². The summed E-state index contributed by atoms with van der Waals surface area (Å²) in [5.74, 6) is 1.36. The summed E-state index contributed by atoms with van der Waals surface area (Å²) in [5, 5.41) is 0.286. The molecule has 2 atom stereocenters. The van der Waals surface area contributed by atoms with Crippen molar-refractivity contribution in [1.82, 2.24) is 14.7 Å². The third-order valence-corrected chi connectivity index (χ3v) is 4.88. The lowest BCUT2D eigenvalue weighted by atomic mass is 9.95. The number of carbonyl (C=O) groups excluding carboxylic acids is 1. The van der Waals surface area contributed by atoms with Gasteiger partial charge in [0.25, 0.3) is 0 Å². The van der Waals surface area contributed by atoms with Crippen molar-refractivity contribution >= 4 is 18.7 Å². The molecule has 0 saturated carbocycles. The van der Waals surface area contributed by atoms with Crippen molar-refractivity contribution in [2.45, 2.75) is 32.6 Å². The number of urea groups is 1. The van der Waals surface area contributed by atoms with Crippen LogP contribution in [-0.2, 0) is 0 Å². The quantitative estimate of drug-likeness (QED) is 0.785. The number of carbonyl (C=O) groups is 1. The molecule has 0 aromatic rings. The van der Waals surface area contributed by atoms with Crippen LogP contribution in [0.2, 0.25) is 0 Å². The predicted molar refractivity (Wildman–Crippen MR) is 81.5 cm³/mol. The van der Waals surface area contributed by atoms with Gasteiger partial charge in [0.2, 0.25) is 0 Å². The van der Waals surface area contributed by atoms with E-state index in [1.54, 1.807) is 0 Å². The van der Waals surface area contributed by atoms with E-state index >= 15 is 0 Å². The molecule has 0 N–H and O–H groups in total. The van der Waals surface area contributed by atoms with Gasteiger partial charge in [0.1, 0.15) is 0 Å². The van der Waals surface area contributed by atoms with Crippen LogP contribution in [-0.4, -0.2) is 65.4 Å². The monoisotopic (exact) mass is 285 g/mol. The average molecular weight is 285 g/mol. The van der Waals surface area contributed by atoms with Crippen molar-refractivity contribution < 1.29 is 4.79 Å². The second-order valence-electron chi connectivity index (χ2n) is 6.18. The van der Waals surface area contributed by atoms with Crippen molar-refractivity contribution in [3.63, 3.8) is 0 Å². The third-order valence-electron chi connectivity index (χ3n) is 4.55. The first-order chi connectivity index (χ1) is 8.99. The van der Waals surface area contributed by atoms with Gasteiger partial charge in [-0.3, -0.25) is 4.90 Å². The summed E-state index contributed by atoms with van der Waals surface area (Å²) in [6.45, 7) is 12.0. The summed E-state index contributed by atoms with van der Waals surface area (Å²) in [4.78, 5) is 18.8. The van der Waals surface area contributed by atoms with Crippen LogP contribution in [0, 0.1) is 11.8 Å². The number of nitrogens with zero attached hydrogens (tertiary/aromatic N) is 3. The minimum Gasteiger partial charge on any atom is -0.324 e. The standard InChI is InChI=1S/C14H27N3OS/c1-11(2)13-4-5-17(10-13)14(18)16-8-6-15(7-9-16)12(3)19/h11-13,19H,4-10H2,1-3H3. The van der Waals surface area contributed by atoms with Gasteiger partial charge in [-0.2, -0.15) is 12.6 Å². The van der Waals surface area contributed by atoms with Crippen LogP contribution in [0.4, 0.5) is 4.79 Å². The largest absolute Gasteiger partial charge is 0.324 e. The van der Waals surface area contributed by atoms with Crippen molar-refractivity contribution in [1.29, 1.82) is 0 Å². The average Bonchev–Trinajstić information content (AvgIpc) is 2.87. The van der Waals surface area contributed by atoms with Crippen LogP contribution in [0.3, 0.4) is 0 Å². The van der Waals surface area contributed by atoms with Crippen molar-refractivity contribution in [2.75, 3.05) is 39.3 Å². The summed E-state index contributed by atoms with van der Waals surface area (Å²) < 4.78 is 0. The molecule has 0 aromatic carbocycles. The summed E-state index contributed by atoms with van der Waals surface area (Å²) in [7, 11) is 0. The Kier molecular flexibility index (Phi) is 5.01. The molecule has 2 unspecified atom stereocenters. The van der Waals surface area contributed by atoms with E-state index < -0.39 is 0 Å². The second-order valence-corrected chi connectivity index (χ2v) is 6.92. The number of hydrogen-bond donors (Lipinski definition) is 1. The number of amides is 2. The fourth-order valence-electron chi connectivity index (χ4n) is 2.99. The van der Waals surface area contributed by atoms with E-state index in [1.807, 2.05) is 9.80 Å². The van der Waals surface area contributed by atoms with Gasteiger partial charge in [-0.1, -0.05) is 13.8 Å². The first-order valence-electron chi connectivity index (χ1n) is 7.45. The molecular weight excluding hydrogens is 258 g/mol. The van der Waals surface area contributed by atoms with Crippen LogP contribution < -0.4 is 0 Å². The van der Waals surface area contributed by atoms with Crippen molar-refractivity contribution in [3.8, 4) is 0 Å². The highest BCUT2D eigenvalue weighted by Gasteiger charge is 2.32. The number of hydrogen-bond acceptors (Lipinski definition) is 3.